The van der Waals surface area contributed by atoms with Gasteiger partial charge in [0, 0.05) is 24.9 Å². The Morgan fingerprint density at radius 2 is 1.88 bits per heavy atom. The second kappa shape index (κ2) is 8.16. The van der Waals surface area contributed by atoms with Gasteiger partial charge in [-0.1, -0.05) is 31.9 Å². The summed E-state index contributed by atoms with van der Waals surface area (Å²) in [5, 5.41) is 5.68. The van der Waals surface area contributed by atoms with Crippen molar-refractivity contribution >= 4 is 5.91 Å². The number of nitrogens with one attached hydrogen (secondary N) is 2. The first kappa shape index (κ1) is 15.0. The zero-order valence-electron chi connectivity index (χ0n) is 10.4. The van der Waals surface area contributed by atoms with Crippen LogP contribution in [0.15, 0.2) is 61.4 Å². The van der Waals surface area contributed by atoms with Gasteiger partial charge in [-0.05, 0) is 11.6 Å². The summed E-state index contributed by atoms with van der Waals surface area (Å²) in [6.07, 6.45) is 5.20. The minimum absolute atomic E-state index is 0.0891. The number of allylic oxidation sites excluding steroid dienone is 3. The highest BCUT2D eigenvalue weighted by molar-refractivity contribution is 5.80. The van der Waals surface area contributed by atoms with E-state index in [2.05, 4.69) is 36.9 Å². The summed E-state index contributed by atoms with van der Waals surface area (Å²) in [4.78, 5) is 11.5. The fourth-order valence-corrected chi connectivity index (χ4v) is 1.33. The van der Waals surface area contributed by atoms with Crippen LogP contribution >= 0.6 is 0 Å². The van der Waals surface area contributed by atoms with Crippen LogP contribution < -0.4 is 10.6 Å². The first-order valence-electron chi connectivity index (χ1n) is 5.33. The largest absolute Gasteiger partial charge is 0.388 e. The maximum Gasteiger partial charge on any atom is 0.224 e. The molecule has 0 heterocycles. The van der Waals surface area contributed by atoms with Crippen LogP contribution in [-0.4, -0.2) is 19.5 Å². The standard InChI is InChI=1S/C14H20N2O/c1-6-9-16-14(17)10-11(4)12(7-2)13(8-3)15-5/h6-8,15H,1-4,9-10H2,5H3,(H,16,17)/b13-12-. The quantitative estimate of drug-likeness (QED) is 0.497. The first-order chi connectivity index (χ1) is 8.10. The van der Waals surface area contributed by atoms with Crippen LogP contribution in [0.5, 0.6) is 0 Å². The summed E-state index contributed by atoms with van der Waals surface area (Å²) in [6.45, 7) is 15.3. The summed E-state index contributed by atoms with van der Waals surface area (Å²) in [7, 11) is 1.78. The maximum atomic E-state index is 11.5. The van der Waals surface area contributed by atoms with Gasteiger partial charge in [-0.15, -0.1) is 6.58 Å². The van der Waals surface area contributed by atoms with Crippen LogP contribution in [-0.2, 0) is 4.79 Å². The molecule has 3 heteroatoms. The van der Waals surface area contributed by atoms with Gasteiger partial charge >= 0.3 is 0 Å². The average molecular weight is 232 g/mol. The highest BCUT2D eigenvalue weighted by atomic mass is 16.1. The third-order valence-electron chi connectivity index (χ3n) is 2.17. The molecule has 0 saturated carbocycles. The van der Waals surface area contributed by atoms with Gasteiger partial charge in [-0.25, -0.2) is 0 Å². The Bertz CT molecular complexity index is 364. The van der Waals surface area contributed by atoms with Crippen LogP contribution in [0.2, 0.25) is 0 Å². The molecule has 0 aromatic rings. The summed E-state index contributed by atoms with van der Waals surface area (Å²) in [5.74, 6) is -0.0891. The van der Waals surface area contributed by atoms with Crippen LogP contribution in [0, 0.1) is 0 Å². The SMILES string of the molecule is C=CCNC(=O)CC(=C)/C(C=C)=C(/C=C)NC. The summed E-state index contributed by atoms with van der Waals surface area (Å²) in [6, 6.07) is 0. The maximum absolute atomic E-state index is 11.5. The van der Waals surface area contributed by atoms with Crippen LogP contribution in [0.1, 0.15) is 6.42 Å². The lowest BCUT2D eigenvalue weighted by Crippen LogP contribution is -2.23. The topological polar surface area (TPSA) is 41.1 Å². The van der Waals surface area contributed by atoms with Gasteiger partial charge in [0.2, 0.25) is 5.91 Å². The molecular formula is C14H20N2O. The molecule has 2 N–H and O–H groups in total. The average Bonchev–Trinajstić information content (AvgIpc) is 2.32. The molecule has 92 valence electrons. The van der Waals surface area contributed by atoms with Gasteiger partial charge in [0.15, 0.2) is 0 Å². The Hall–Kier alpha value is -2.03. The molecule has 0 atom stereocenters. The van der Waals surface area contributed by atoms with E-state index in [0.717, 1.165) is 11.3 Å². The fourth-order valence-electron chi connectivity index (χ4n) is 1.33. The van der Waals surface area contributed by atoms with Crippen molar-refractivity contribution in [2.75, 3.05) is 13.6 Å². The third kappa shape index (κ3) is 5.02. The van der Waals surface area contributed by atoms with Gasteiger partial charge in [-0.3, -0.25) is 4.79 Å². The van der Waals surface area contributed by atoms with E-state index in [0.29, 0.717) is 12.1 Å². The number of hydrogen-bond donors (Lipinski definition) is 2. The van der Waals surface area contributed by atoms with Crippen molar-refractivity contribution in [3.05, 3.63) is 61.4 Å². The zero-order chi connectivity index (χ0) is 13.3. The zero-order valence-corrected chi connectivity index (χ0v) is 10.4. The van der Waals surface area contributed by atoms with Crippen molar-refractivity contribution in [1.29, 1.82) is 0 Å². The molecule has 0 fully saturated rings. The minimum atomic E-state index is -0.0891. The van der Waals surface area contributed by atoms with E-state index < -0.39 is 0 Å². The smallest absolute Gasteiger partial charge is 0.224 e. The van der Waals surface area contributed by atoms with E-state index in [1.807, 2.05) is 0 Å². The van der Waals surface area contributed by atoms with E-state index in [-0.39, 0.29) is 12.3 Å². The molecule has 0 saturated heterocycles. The predicted molar refractivity (Wildman–Crippen MR) is 73.4 cm³/mol. The Morgan fingerprint density at radius 1 is 1.24 bits per heavy atom. The Balaban J connectivity index is 4.72. The molecule has 0 aromatic heterocycles. The molecule has 0 aliphatic carbocycles. The molecular weight excluding hydrogens is 212 g/mol. The summed E-state index contributed by atoms with van der Waals surface area (Å²) in [5.41, 5.74) is 2.31. The van der Waals surface area contributed by atoms with Gasteiger partial charge in [0.05, 0.1) is 6.42 Å². The summed E-state index contributed by atoms with van der Waals surface area (Å²) >= 11 is 0. The van der Waals surface area contributed by atoms with Gasteiger partial charge in [0.25, 0.3) is 0 Å². The van der Waals surface area contributed by atoms with Gasteiger partial charge in [-0.2, -0.15) is 0 Å². The van der Waals surface area contributed by atoms with Crippen LogP contribution in [0.3, 0.4) is 0 Å². The highest BCUT2D eigenvalue weighted by Gasteiger charge is 2.08. The molecule has 0 radical (unpaired) electrons. The van der Waals surface area contributed by atoms with Crippen molar-refractivity contribution < 1.29 is 4.79 Å². The molecule has 0 unspecified atom stereocenters. The van der Waals surface area contributed by atoms with Crippen molar-refractivity contribution in [2.24, 2.45) is 0 Å². The number of likely N-dealkylation sites (N-methyl/N-ethyl adjacent to an activating group) is 1. The molecule has 0 aliphatic rings. The fraction of sp³-hybridized carbons (Fsp3) is 0.214. The second-order valence-electron chi connectivity index (χ2n) is 3.36. The third-order valence-corrected chi connectivity index (χ3v) is 2.17. The Morgan fingerprint density at radius 3 is 2.29 bits per heavy atom. The number of hydrogen-bond acceptors (Lipinski definition) is 2. The van der Waals surface area contributed by atoms with E-state index in [9.17, 15) is 4.79 Å². The molecule has 1 amide bonds. The van der Waals surface area contributed by atoms with E-state index >= 15 is 0 Å². The van der Waals surface area contributed by atoms with Gasteiger partial charge in [0.1, 0.15) is 0 Å². The Kier molecular flexibility index (Phi) is 7.19. The molecule has 0 aromatic carbocycles. The molecule has 17 heavy (non-hydrogen) atoms. The van der Waals surface area contributed by atoms with Crippen molar-refractivity contribution in [2.45, 2.75) is 6.42 Å². The van der Waals surface area contributed by atoms with Crippen molar-refractivity contribution in [3.8, 4) is 0 Å². The van der Waals surface area contributed by atoms with E-state index in [1.54, 1.807) is 25.3 Å². The normalized spacial score (nSPS) is 10.9. The monoisotopic (exact) mass is 232 g/mol. The van der Waals surface area contributed by atoms with E-state index in [4.69, 9.17) is 0 Å². The minimum Gasteiger partial charge on any atom is -0.388 e. The van der Waals surface area contributed by atoms with E-state index in [1.165, 1.54) is 0 Å². The molecule has 3 nitrogen and oxygen atoms in total. The lowest BCUT2D eigenvalue weighted by atomic mass is 10.0. The number of carbonyl (C=O) groups is 1. The molecule has 0 spiro atoms. The Labute approximate surface area is 103 Å². The number of rotatable bonds is 8. The highest BCUT2D eigenvalue weighted by Crippen LogP contribution is 2.16. The predicted octanol–water partition coefficient (Wildman–Crippen LogP) is 2.08. The van der Waals surface area contributed by atoms with Crippen molar-refractivity contribution in [3.63, 3.8) is 0 Å². The molecule has 0 rings (SSSR count). The molecule has 0 bridgehead atoms. The van der Waals surface area contributed by atoms with Crippen LogP contribution in [0.25, 0.3) is 0 Å². The number of carbonyl (C=O) groups excluding carboxylic acids is 1. The lowest BCUT2D eigenvalue weighted by Gasteiger charge is -2.11. The van der Waals surface area contributed by atoms with Crippen LogP contribution in [0.4, 0.5) is 0 Å². The molecule has 0 aliphatic heterocycles. The van der Waals surface area contributed by atoms with Gasteiger partial charge < -0.3 is 10.6 Å². The number of amides is 1. The summed E-state index contributed by atoms with van der Waals surface area (Å²) < 4.78 is 0. The second-order valence-corrected chi connectivity index (χ2v) is 3.36. The first-order valence-corrected chi connectivity index (χ1v) is 5.33. The lowest BCUT2D eigenvalue weighted by molar-refractivity contribution is -0.120. The van der Waals surface area contributed by atoms with Crippen molar-refractivity contribution in [1.82, 2.24) is 10.6 Å².